The van der Waals surface area contributed by atoms with Crippen LogP contribution in [0.4, 0.5) is 0 Å². The molecule has 0 radical (unpaired) electrons. The van der Waals surface area contributed by atoms with Crippen molar-refractivity contribution in [2.24, 2.45) is 5.92 Å². The Bertz CT molecular complexity index is 429. The van der Waals surface area contributed by atoms with Crippen LogP contribution in [-0.4, -0.2) is 44.7 Å². The van der Waals surface area contributed by atoms with E-state index >= 15 is 0 Å². The van der Waals surface area contributed by atoms with Crippen LogP contribution in [0.1, 0.15) is 18.5 Å². The molecule has 5 heteroatoms. The van der Waals surface area contributed by atoms with Crippen LogP contribution in [0.5, 0.6) is 0 Å². The summed E-state index contributed by atoms with van der Waals surface area (Å²) in [6.07, 6.45) is 5.73. The highest BCUT2D eigenvalue weighted by Crippen LogP contribution is 2.23. The van der Waals surface area contributed by atoms with E-state index in [4.69, 9.17) is 0 Å². The largest absolute Gasteiger partial charge is 0.391 e. The lowest BCUT2D eigenvalue weighted by atomic mass is 9.95. The average Bonchev–Trinajstić information content (AvgIpc) is 2.95. The first-order chi connectivity index (χ1) is 8.24. The maximum absolute atomic E-state index is 12.3. The molecular weight excluding hydrogens is 218 g/mol. The fourth-order valence-corrected chi connectivity index (χ4v) is 2.78. The molecule has 2 unspecified atom stereocenters. The molecular formula is C12H17N3O2. The van der Waals surface area contributed by atoms with Gasteiger partial charge in [-0.2, -0.15) is 0 Å². The zero-order chi connectivity index (χ0) is 11.8. The van der Waals surface area contributed by atoms with Crippen molar-refractivity contribution in [2.75, 3.05) is 13.1 Å². The molecule has 0 saturated carbocycles. The fraction of sp³-hybridized carbons (Fsp3) is 0.667. The number of likely N-dealkylation sites (tertiary alicyclic amines) is 1. The highest BCUT2D eigenvalue weighted by atomic mass is 16.3. The molecule has 1 fully saturated rings. The summed E-state index contributed by atoms with van der Waals surface area (Å²) >= 11 is 0. The molecule has 2 atom stereocenters. The number of aliphatic hydroxyl groups is 1. The molecule has 1 saturated heterocycles. The summed E-state index contributed by atoms with van der Waals surface area (Å²) in [5, 5.41) is 9.46. The third kappa shape index (κ3) is 1.95. The van der Waals surface area contributed by atoms with Gasteiger partial charge in [0.25, 0.3) is 0 Å². The number of hydrogen-bond acceptors (Lipinski definition) is 3. The normalized spacial score (nSPS) is 28.2. The van der Waals surface area contributed by atoms with Gasteiger partial charge in [-0.25, -0.2) is 4.98 Å². The molecule has 0 spiro atoms. The molecule has 92 valence electrons. The van der Waals surface area contributed by atoms with Crippen LogP contribution < -0.4 is 0 Å². The Labute approximate surface area is 100 Å². The van der Waals surface area contributed by atoms with Crippen LogP contribution in [-0.2, 0) is 17.8 Å². The van der Waals surface area contributed by atoms with E-state index in [1.807, 2.05) is 12.5 Å². The standard InChI is InChI=1S/C12H17N3O2/c16-11-2-4-14(7-11)12(17)9-1-3-15-8-13-6-10(15)5-9/h6,8-9,11,16H,1-5,7H2. The lowest BCUT2D eigenvalue weighted by Crippen LogP contribution is -2.38. The van der Waals surface area contributed by atoms with E-state index in [9.17, 15) is 9.90 Å². The summed E-state index contributed by atoms with van der Waals surface area (Å²) in [5.41, 5.74) is 1.15. The Morgan fingerprint density at radius 1 is 1.41 bits per heavy atom. The maximum Gasteiger partial charge on any atom is 0.226 e. The highest BCUT2D eigenvalue weighted by Gasteiger charge is 2.32. The molecule has 0 aromatic carbocycles. The zero-order valence-corrected chi connectivity index (χ0v) is 9.75. The third-order valence-corrected chi connectivity index (χ3v) is 3.80. The summed E-state index contributed by atoms with van der Waals surface area (Å²) in [7, 11) is 0. The minimum absolute atomic E-state index is 0.0736. The molecule has 3 rings (SSSR count). The summed E-state index contributed by atoms with van der Waals surface area (Å²) < 4.78 is 2.11. The Morgan fingerprint density at radius 2 is 2.29 bits per heavy atom. The summed E-state index contributed by atoms with van der Waals surface area (Å²) in [6, 6.07) is 0. The topological polar surface area (TPSA) is 58.4 Å². The molecule has 1 aromatic rings. The Kier molecular flexibility index (Phi) is 2.63. The molecule has 0 bridgehead atoms. The van der Waals surface area contributed by atoms with Crippen LogP contribution in [0, 0.1) is 5.92 Å². The van der Waals surface area contributed by atoms with Gasteiger partial charge in [-0.15, -0.1) is 0 Å². The predicted octanol–water partition coefficient (Wildman–Crippen LogP) is 0.0387. The van der Waals surface area contributed by atoms with Gasteiger partial charge in [0.2, 0.25) is 5.91 Å². The molecule has 1 amide bonds. The van der Waals surface area contributed by atoms with E-state index in [1.54, 1.807) is 4.90 Å². The van der Waals surface area contributed by atoms with E-state index < -0.39 is 0 Å². The summed E-state index contributed by atoms with van der Waals surface area (Å²) in [4.78, 5) is 18.2. The fourth-order valence-electron chi connectivity index (χ4n) is 2.78. The van der Waals surface area contributed by atoms with Crippen molar-refractivity contribution in [3.8, 4) is 0 Å². The lowest BCUT2D eigenvalue weighted by molar-refractivity contribution is -0.135. The number of β-amino-alcohol motifs (C(OH)–C–C–N with tert-alkyl or cyclic N) is 1. The van der Waals surface area contributed by atoms with Gasteiger partial charge in [-0.3, -0.25) is 4.79 Å². The molecule has 2 aliphatic rings. The number of fused-ring (bicyclic) bond motifs is 1. The molecule has 0 aliphatic carbocycles. The summed E-state index contributed by atoms with van der Waals surface area (Å²) in [5.74, 6) is 0.276. The van der Waals surface area contributed by atoms with Crippen molar-refractivity contribution in [3.05, 3.63) is 18.2 Å². The highest BCUT2D eigenvalue weighted by molar-refractivity contribution is 5.79. The minimum atomic E-state index is -0.326. The number of carbonyl (C=O) groups excluding carboxylic acids is 1. The second-order valence-electron chi connectivity index (χ2n) is 4.99. The molecule has 17 heavy (non-hydrogen) atoms. The van der Waals surface area contributed by atoms with E-state index in [2.05, 4.69) is 9.55 Å². The van der Waals surface area contributed by atoms with E-state index in [0.29, 0.717) is 13.1 Å². The van der Waals surface area contributed by atoms with E-state index in [1.165, 1.54) is 0 Å². The van der Waals surface area contributed by atoms with Crippen molar-refractivity contribution < 1.29 is 9.90 Å². The Morgan fingerprint density at radius 3 is 3.06 bits per heavy atom. The smallest absolute Gasteiger partial charge is 0.226 e. The van der Waals surface area contributed by atoms with Gasteiger partial charge < -0.3 is 14.6 Å². The van der Waals surface area contributed by atoms with Crippen LogP contribution in [0.15, 0.2) is 12.5 Å². The first kappa shape index (κ1) is 10.8. The predicted molar refractivity (Wildman–Crippen MR) is 61.2 cm³/mol. The van der Waals surface area contributed by atoms with Crippen LogP contribution >= 0.6 is 0 Å². The zero-order valence-electron chi connectivity index (χ0n) is 9.75. The number of hydrogen-bond donors (Lipinski definition) is 1. The van der Waals surface area contributed by atoms with E-state index in [-0.39, 0.29) is 17.9 Å². The van der Waals surface area contributed by atoms with Crippen LogP contribution in [0.25, 0.3) is 0 Å². The van der Waals surface area contributed by atoms with Crippen molar-refractivity contribution in [1.82, 2.24) is 14.5 Å². The number of rotatable bonds is 1. The molecule has 2 aliphatic heterocycles. The average molecular weight is 235 g/mol. The third-order valence-electron chi connectivity index (χ3n) is 3.80. The Hall–Kier alpha value is -1.36. The Balaban J connectivity index is 1.68. The van der Waals surface area contributed by atoms with Crippen LogP contribution in [0.2, 0.25) is 0 Å². The lowest BCUT2D eigenvalue weighted by Gasteiger charge is -2.27. The van der Waals surface area contributed by atoms with Crippen molar-refractivity contribution in [2.45, 2.75) is 31.9 Å². The minimum Gasteiger partial charge on any atom is -0.391 e. The number of aliphatic hydroxyl groups excluding tert-OH is 1. The van der Waals surface area contributed by atoms with Crippen molar-refractivity contribution in [1.29, 1.82) is 0 Å². The van der Waals surface area contributed by atoms with Crippen molar-refractivity contribution in [3.63, 3.8) is 0 Å². The number of imidazole rings is 1. The second-order valence-corrected chi connectivity index (χ2v) is 4.99. The number of aryl methyl sites for hydroxylation is 1. The van der Waals surface area contributed by atoms with Gasteiger partial charge in [0.1, 0.15) is 0 Å². The monoisotopic (exact) mass is 235 g/mol. The van der Waals surface area contributed by atoms with Gasteiger partial charge in [-0.05, 0) is 12.8 Å². The number of nitrogens with zero attached hydrogens (tertiary/aromatic N) is 3. The van der Waals surface area contributed by atoms with Gasteiger partial charge in [0.15, 0.2) is 0 Å². The first-order valence-corrected chi connectivity index (χ1v) is 6.20. The summed E-state index contributed by atoms with van der Waals surface area (Å²) in [6.45, 7) is 2.09. The van der Waals surface area contributed by atoms with Gasteiger partial charge in [-0.1, -0.05) is 0 Å². The second kappa shape index (κ2) is 4.14. The van der Waals surface area contributed by atoms with Gasteiger partial charge in [0, 0.05) is 43.9 Å². The SMILES string of the molecule is O=C(C1CCn2cncc2C1)N1CCC(O)C1. The van der Waals surface area contributed by atoms with Gasteiger partial charge >= 0.3 is 0 Å². The molecule has 1 aromatic heterocycles. The maximum atomic E-state index is 12.3. The van der Waals surface area contributed by atoms with Crippen LogP contribution in [0.3, 0.4) is 0 Å². The number of carbonyl (C=O) groups is 1. The molecule has 1 N–H and O–H groups in total. The number of amides is 1. The quantitative estimate of drug-likeness (QED) is 0.747. The van der Waals surface area contributed by atoms with Gasteiger partial charge in [0.05, 0.1) is 12.4 Å². The van der Waals surface area contributed by atoms with E-state index in [0.717, 1.165) is 31.5 Å². The molecule has 5 nitrogen and oxygen atoms in total. The number of aromatic nitrogens is 2. The molecule has 3 heterocycles. The van der Waals surface area contributed by atoms with Crippen molar-refractivity contribution >= 4 is 5.91 Å². The first-order valence-electron chi connectivity index (χ1n) is 6.20.